The summed E-state index contributed by atoms with van der Waals surface area (Å²) in [5, 5.41) is 13.0. The summed E-state index contributed by atoms with van der Waals surface area (Å²) in [6.45, 7) is 4.26. The lowest BCUT2D eigenvalue weighted by Gasteiger charge is -2.35. The average molecular weight is 292 g/mol. The SMILES string of the molecule is CC(O)C1CCN(c2ccc(CNC3CC3)cc2F)CC1. The first-order chi connectivity index (χ1) is 10.1. The zero-order valence-electron chi connectivity index (χ0n) is 12.7. The van der Waals surface area contributed by atoms with Gasteiger partial charge in [0.2, 0.25) is 0 Å². The van der Waals surface area contributed by atoms with Gasteiger partial charge in [0.05, 0.1) is 11.8 Å². The van der Waals surface area contributed by atoms with E-state index in [1.54, 1.807) is 6.07 Å². The number of rotatable bonds is 5. The van der Waals surface area contributed by atoms with Gasteiger partial charge in [0.15, 0.2) is 0 Å². The summed E-state index contributed by atoms with van der Waals surface area (Å²) in [4.78, 5) is 2.10. The molecule has 1 aliphatic heterocycles. The number of anilines is 1. The van der Waals surface area contributed by atoms with Crippen molar-refractivity contribution in [2.45, 2.75) is 51.3 Å². The van der Waals surface area contributed by atoms with Crippen molar-refractivity contribution in [3.05, 3.63) is 29.6 Å². The molecule has 21 heavy (non-hydrogen) atoms. The molecule has 3 rings (SSSR count). The molecule has 0 bridgehead atoms. The molecule has 1 saturated carbocycles. The second-order valence-corrected chi connectivity index (χ2v) is 6.51. The summed E-state index contributed by atoms with van der Waals surface area (Å²) in [6.07, 6.45) is 4.11. The van der Waals surface area contributed by atoms with Crippen LogP contribution in [0.5, 0.6) is 0 Å². The molecule has 1 atom stereocenters. The predicted molar refractivity (Wildman–Crippen MR) is 82.9 cm³/mol. The largest absolute Gasteiger partial charge is 0.393 e. The van der Waals surface area contributed by atoms with E-state index in [2.05, 4.69) is 10.2 Å². The van der Waals surface area contributed by atoms with Crippen molar-refractivity contribution in [2.24, 2.45) is 5.92 Å². The third-order valence-electron chi connectivity index (χ3n) is 4.75. The molecule has 2 N–H and O–H groups in total. The summed E-state index contributed by atoms with van der Waals surface area (Å²) < 4.78 is 14.3. The highest BCUT2D eigenvalue weighted by molar-refractivity contribution is 5.49. The summed E-state index contributed by atoms with van der Waals surface area (Å²) in [5.41, 5.74) is 1.72. The lowest BCUT2D eigenvalue weighted by Crippen LogP contribution is -2.37. The van der Waals surface area contributed by atoms with Crippen molar-refractivity contribution in [1.29, 1.82) is 0 Å². The first kappa shape index (κ1) is 14.8. The number of hydrogen-bond acceptors (Lipinski definition) is 3. The molecular weight excluding hydrogens is 267 g/mol. The van der Waals surface area contributed by atoms with Gasteiger partial charge in [-0.2, -0.15) is 0 Å². The number of hydrogen-bond donors (Lipinski definition) is 2. The molecule has 3 nitrogen and oxygen atoms in total. The van der Waals surface area contributed by atoms with Crippen LogP contribution in [-0.2, 0) is 6.54 Å². The second-order valence-electron chi connectivity index (χ2n) is 6.51. The van der Waals surface area contributed by atoms with Crippen molar-refractivity contribution in [3.63, 3.8) is 0 Å². The zero-order valence-corrected chi connectivity index (χ0v) is 12.7. The maximum Gasteiger partial charge on any atom is 0.146 e. The van der Waals surface area contributed by atoms with E-state index >= 15 is 0 Å². The maximum atomic E-state index is 14.3. The lowest BCUT2D eigenvalue weighted by molar-refractivity contribution is 0.110. The fraction of sp³-hybridized carbons (Fsp3) is 0.647. The second kappa shape index (κ2) is 6.32. The summed E-state index contributed by atoms with van der Waals surface area (Å²) in [5.74, 6) is 0.229. The molecule has 1 aromatic rings. The van der Waals surface area contributed by atoms with Crippen molar-refractivity contribution < 1.29 is 9.50 Å². The van der Waals surface area contributed by atoms with Gasteiger partial charge in [-0.05, 0) is 56.2 Å². The molecule has 2 fully saturated rings. The van der Waals surface area contributed by atoms with Crippen molar-refractivity contribution in [3.8, 4) is 0 Å². The Morgan fingerprint density at radius 1 is 1.29 bits per heavy atom. The molecule has 1 saturated heterocycles. The molecule has 4 heteroatoms. The van der Waals surface area contributed by atoms with Crippen LogP contribution in [0.15, 0.2) is 18.2 Å². The minimum atomic E-state index is -0.257. The third-order valence-corrected chi connectivity index (χ3v) is 4.75. The van der Waals surface area contributed by atoms with Crippen molar-refractivity contribution >= 4 is 5.69 Å². The van der Waals surface area contributed by atoms with E-state index in [1.807, 2.05) is 19.1 Å². The molecule has 1 aliphatic carbocycles. The summed E-state index contributed by atoms with van der Waals surface area (Å²) in [7, 11) is 0. The van der Waals surface area contributed by atoms with E-state index in [9.17, 15) is 9.50 Å². The quantitative estimate of drug-likeness (QED) is 0.876. The Bertz CT molecular complexity index is 480. The van der Waals surface area contributed by atoms with Crippen LogP contribution in [0.1, 0.15) is 38.2 Å². The number of nitrogens with one attached hydrogen (secondary N) is 1. The molecule has 116 valence electrons. The van der Waals surface area contributed by atoms with Gasteiger partial charge in [-0.3, -0.25) is 0 Å². The van der Waals surface area contributed by atoms with Crippen LogP contribution in [0.25, 0.3) is 0 Å². The van der Waals surface area contributed by atoms with E-state index in [0.717, 1.165) is 38.0 Å². The van der Waals surface area contributed by atoms with Crippen molar-refractivity contribution in [2.75, 3.05) is 18.0 Å². The van der Waals surface area contributed by atoms with Gasteiger partial charge in [0.25, 0.3) is 0 Å². The normalized spacial score (nSPS) is 21.6. The fourth-order valence-electron chi connectivity index (χ4n) is 3.09. The van der Waals surface area contributed by atoms with Gasteiger partial charge in [-0.1, -0.05) is 6.07 Å². The van der Waals surface area contributed by atoms with Crippen LogP contribution in [-0.4, -0.2) is 30.3 Å². The average Bonchev–Trinajstić information content (AvgIpc) is 3.29. The van der Waals surface area contributed by atoms with Crippen LogP contribution < -0.4 is 10.2 Å². The molecule has 1 aromatic carbocycles. The molecule has 1 unspecified atom stereocenters. The monoisotopic (exact) mass is 292 g/mol. The van der Waals surface area contributed by atoms with Gasteiger partial charge in [-0.25, -0.2) is 4.39 Å². The Labute approximate surface area is 126 Å². The fourth-order valence-corrected chi connectivity index (χ4v) is 3.09. The van der Waals surface area contributed by atoms with Crippen LogP contribution >= 0.6 is 0 Å². The predicted octanol–water partition coefficient (Wildman–Crippen LogP) is 2.67. The molecular formula is C17H25FN2O. The van der Waals surface area contributed by atoms with Gasteiger partial charge in [-0.15, -0.1) is 0 Å². The Kier molecular flexibility index (Phi) is 4.45. The zero-order chi connectivity index (χ0) is 14.8. The molecule has 0 amide bonds. The minimum absolute atomic E-state index is 0.124. The van der Waals surface area contributed by atoms with E-state index in [-0.39, 0.29) is 11.9 Å². The summed E-state index contributed by atoms with van der Waals surface area (Å²) >= 11 is 0. The van der Waals surface area contributed by atoms with E-state index in [4.69, 9.17) is 0 Å². The van der Waals surface area contributed by atoms with Gasteiger partial charge in [0.1, 0.15) is 5.82 Å². The minimum Gasteiger partial charge on any atom is -0.393 e. The highest BCUT2D eigenvalue weighted by atomic mass is 19.1. The number of nitrogens with zero attached hydrogens (tertiary/aromatic N) is 1. The highest BCUT2D eigenvalue weighted by Crippen LogP contribution is 2.28. The smallest absolute Gasteiger partial charge is 0.146 e. The molecule has 0 aromatic heterocycles. The number of benzene rings is 1. The summed E-state index contributed by atoms with van der Waals surface area (Å²) in [6, 6.07) is 6.23. The number of aliphatic hydroxyl groups is 1. The van der Waals surface area contributed by atoms with Gasteiger partial charge < -0.3 is 15.3 Å². The van der Waals surface area contributed by atoms with Crippen LogP contribution in [0.4, 0.5) is 10.1 Å². The van der Waals surface area contributed by atoms with E-state index in [0.29, 0.717) is 17.6 Å². The Balaban J connectivity index is 1.60. The van der Waals surface area contributed by atoms with Crippen LogP contribution in [0.2, 0.25) is 0 Å². The maximum absolute atomic E-state index is 14.3. The Morgan fingerprint density at radius 3 is 2.57 bits per heavy atom. The van der Waals surface area contributed by atoms with Gasteiger partial charge in [0, 0.05) is 25.7 Å². The molecule has 0 radical (unpaired) electrons. The van der Waals surface area contributed by atoms with Crippen molar-refractivity contribution in [1.82, 2.24) is 5.32 Å². The molecule has 2 aliphatic rings. The Hall–Kier alpha value is -1.13. The van der Waals surface area contributed by atoms with Gasteiger partial charge >= 0.3 is 0 Å². The Morgan fingerprint density at radius 2 is 2.00 bits per heavy atom. The van der Waals surface area contributed by atoms with E-state index < -0.39 is 0 Å². The van der Waals surface area contributed by atoms with Crippen LogP contribution in [0.3, 0.4) is 0 Å². The topological polar surface area (TPSA) is 35.5 Å². The van der Waals surface area contributed by atoms with Crippen LogP contribution in [0, 0.1) is 11.7 Å². The first-order valence-corrected chi connectivity index (χ1v) is 8.08. The number of aliphatic hydroxyl groups excluding tert-OH is 1. The standard InChI is InChI=1S/C17H25FN2O/c1-12(21)14-6-8-20(9-7-14)17-5-2-13(10-16(17)18)11-19-15-3-4-15/h2,5,10,12,14-15,19,21H,3-4,6-9,11H2,1H3. The first-order valence-electron chi connectivity index (χ1n) is 8.08. The van der Waals surface area contributed by atoms with E-state index in [1.165, 1.54) is 12.8 Å². The third kappa shape index (κ3) is 3.74. The lowest BCUT2D eigenvalue weighted by atomic mass is 9.92. The number of halogens is 1. The number of piperidine rings is 1. The molecule has 1 heterocycles. The molecule has 0 spiro atoms. The highest BCUT2D eigenvalue weighted by Gasteiger charge is 2.24.